The van der Waals surface area contributed by atoms with Gasteiger partial charge in [-0.15, -0.1) is 0 Å². The first-order chi connectivity index (χ1) is 12.6. The maximum Gasteiger partial charge on any atom is 0.223 e. The van der Waals surface area contributed by atoms with Gasteiger partial charge in [0.1, 0.15) is 0 Å². The zero-order chi connectivity index (χ0) is 19.5. The second-order valence-corrected chi connectivity index (χ2v) is 7.39. The molecule has 0 unspecified atom stereocenters. The topological polar surface area (TPSA) is 43.1 Å². The lowest BCUT2D eigenvalue weighted by Crippen LogP contribution is -2.37. The summed E-state index contributed by atoms with van der Waals surface area (Å²) >= 11 is 0. The van der Waals surface area contributed by atoms with E-state index in [4.69, 9.17) is 5.73 Å². The Morgan fingerprint density at radius 3 is 1.81 bits per heavy atom. The number of hydrogen-bond acceptors (Lipinski definition) is 1. The summed E-state index contributed by atoms with van der Waals surface area (Å²) in [7, 11) is 0. The predicted octanol–water partition coefficient (Wildman–Crippen LogP) is 7.26. The molecule has 2 heteroatoms. The molecule has 0 rings (SSSR count). The third-order valence-electron chi connectivity index (χ3n) is 5.04. The average molecular weight is 362 g/mol. The van der Waals surface area contributed by atoms with Gasteiger partial charge in [0, 0.05) is 5.41 Å². The molecular formula is C24H43NO. The fraction of sp³-hybridized carbons (Fsp3) is 0.708. The number of rotatable bonds is 17. The van der Waals surface area contributed by atoms with Crippen molar-refractivity contribution in [2.24, 2.45) is 11.1 Å². The molecular weight excluding hydrogens is 318 g/mol. The Hall–Kier alpha value is -1.31. The van der Waals surface area contributed by atoms with Crippen LogP contribution in [0.2, 0.25) is 0 Å². The minimum Gasteiger partial charge on any atom is -0.369 e. The van der Waals surface area contributed by atoms with Gasteiger partial charge in [-0.05, 0) is 51.4 Å². The van der Waals surface area contributed by atoms with Crippen molar-refractivity contribution in [2.75, 3.05) is 0 Å². The van der Waals surface area contributed by atoms with Crippen LogP contribution in [0, 0.1) is 5.41 Å². The van der Waals surface area contributed by atoms with E-state index >= 15 is 0 Å². The van der Waals surface area contributed by atoms with Gasteiger partial charge < -0.3 is 5.73 Å². The highest BCUT2D eigenvalue weighted by Gasteiger charge is 2.33. The summed E-state index contributed by atoms with van der Waals surface area (Å²) in [6.45, 7) is 6.46. The molecule has 2 nitrogen and oxygen atoms in total. The summed E-state index contributed by atoms with van der Waals surface area (Å²) in [5, 5.41) is 0. The molecule has 150 valence electrons. The highest BCUT2D eigenvalue weighted by molar-refractivity contribution is 5.80. The number of carbonyl (C=O) groups excluding carboxylic acids is 1. The van der Waals surface area contributed by atoms with Gasteiger partial charge in [-0.1, -0.05) is 89.3 Å². The Morgan fingerprint density at radius 2 is 1.27 bits per heavy atom. The van der Waals surface area contributed by atoms with E-state index in [1.807, 2.05) is 0 Å². The first-order valence-electron chi connectivity index (χ1n) is 10.9. The smallest absolute Gasteiger partial charge is 0.223 e. The second kappa shape index (κ2) is 17.1. The Morgan fingerprint density at radius 1 is 0.731 bits per heavy atom. The van der Waals surface area contributed by atoms with Crippen LogP contribution in [0.1, 0.15) is 104 Å². The van der Waals surface area contributed by atoms with Crippen LogP contribution in [0.25, 0.3) is 0 Å². The molecule has 0 aromatic carbocycles. The fourth-order valence-corrected chi connectivity index (χ4v) is 3.61. The van der Waals surface area contributed by atoms with Crippen LogP contribution in [0.15, 0.2) is 36.5 Å². The maximum atomic E-state index is 12.0. The highest BCUT2D eigenvalue weighted by Crippen LogP contribution is 2.35. The Kier molecular flexibility index (Phi) is 16.3. The molecule has 26 heavy (non-hydrogen) atoms. The molecule has 0 heterocycles. The Bertz CT molecular complexity index is 414. The molecule has 0 atom stereocenters. The van der Waals surface area contributed by atoms with Crippen LogP contribution >= 0.6 is 0 Å². The standard InChI is InChI=1S/C24H43NO/c1-4-7-8-9-10-11-12-13-14-15-16-17-18-19-22-24(20-5-2,21-6-3)23(25)26/h7-8,10-11,13-14H,4-6,9,12,15-22H2,1-3H3,(H2,25,26)/b8-7-,11-10-,14-13-. The van der Waals surface area contributed by atoms with Gasteiger partial charge in [0.15, 0.2) is 0 Å². The van der Waals surface area contributed by atoms with Crippen molar-refractivity contribution in [3.05, 3.63) is 36.5 Å². The van der Waals surface area contributed by atoms with E-state index in [-0.39, 0.29) is 11.3 Å². The van der Waals surface area contributed by atoms with E-state index in [1.165, 1.54) is 19.3 Å². The molecule has 0 aliphatic heterocycles. The Labute approximate surface area is 163 Å². The van der Waals surface area contributed by atoms with Crippen molar-refractivity contribution in [1.82, 2.24) is 0 Å². The van der Waals surface area contributed by atoms with Gasteiger partial charge in [-0.2, -0.15) is 0 Å². The van der Waals surface area contributed by atoms with Crippen LogP contribution in [-0.4, -0.2) is 5.91 Å². The number of primary amides is 1. The van der Waals surface area contributed by atoms with Gasteiger partial charge in [-0.3, -0.25) is 4.79 Å². The molecule has 0 aromatic rings. The lowest BCUT2D eigenvalue weighted by molar-refractivity contribution is -0.129. The summed E-state index contributed by atoms with van der Waals surface area (Å²) in [5.41, 5.74) is 5.49. The average Bonchev–Trinajstić information content (AvgIpc) is 2.62. The van der Waals surface area contributed by atoms with Crippen molar-refractivity contribution >= 4 is 5.91 Å². The quantitative estimate of drug-likeness (QED) is 0.215. The number of allylic oxidation sites excluding steroid dienone is 6. The SMILES string of the molecule is CC/C=C\C/C=C\C/C=C\CCCCCCC(CCC)(CCC)C(N)=O. The normalized spacial score (nSPS) is 12.7. The zero-order valence-electron chi connectivity index (χ0n) is 17.6. The molecule has 0 aromatic heterocycles. The molecule has 1 amide bonds. The second-order valence-electron chi connectivity index (χ2n) is 7.39. The molecule has 0 bridgehead atoms. The van der Waals surface area contributed by atoms with Crippen LogP contribution in [0.3, 0.4) is 0 Å². The third kappa shape index (κ3) is 12.1. The first-order valence-corrected chi connectivity index (χ1v) is 10.9. The highest BCUT2D eigenvalue weighted by atomic mass is 16.1. The largest absolute Gasteiger partial charge is 0.369 e. The number of carbonyl (C=O) groups is 1. The van der Waals surface area contributed by atoms with E-state index in [9.17, 15) is 4.79 Å². The van der Waals surface area contributed by atoms with Crippen LogP contribution in [0.4, 0.5) is 0 Å². The number of amides is 1. The van der Waals surface area contributed by atoms with Crippen molar-refractivity contribution in [3.8, 4) is 0 Å². The zero-order valence-corrected chi connectivity index (χ0v) is 17.6. The van der Waals surface area contributed by atoms with E-state index < -0.39 is 0 Å². The number of unbranched alkanes of at least 4 members (excludes halogenated alkanes) is 4. The third-order valence-corrected chi connectivity index (χ3v) is 5.04. The Balaban J connectivity index is 3.83. The molecule has 0 aliphatic carbocycles. The summed E-state index contributed by atoms with van der Waals surface area (Å²) in [4.78, 5) is 12.0. The van der Waals surface area contributed by atoms with Gasteiger partial charge in [0.05, 0.1) is 0 Å². The number of nitrogens with two attached hydrogens (primary N) is 1. The number of hydrogen-bond donors (Lipinski definition) is 1. The van der Waals surface area contributed by atoms with Crippen LogP contribution in [0.5, 0.6) is 0 Å². The molecule has 2 N–H and O–H groups in total. The van der Waals surface area contributed by atoms with Crippen molar-refractivity contribution in [1.29, 1.82) is 0 Å². The fourth-order valence-electron chi connectivity index (χ4n) is 3.61. The van der Waals surface area contributed by atoms with Gasteiger partial charge >= 0.3 is 0 Å². The molecule has 0 spiro atoms. The minimum absolute atomic E-state index is 0.0811. The molecule has 0 aliphatic rings. The lowest BCUT2D eigenvalue weighted by Gasteiger charge is -2.30. The summed E-state index contributed by atoms with van der Waals surface area (Å²) in [6.07, 6.45) is 27.6. The van der Waals surface area contributed by atoms with Crippen LogP contribution < -0.4 is 5.73 Å². The van der Waals surface area contributed by atoms with Gasteiger partial charge in [-0.25, -0.2) is 0 Å². The molecule has 0 radical (unpaired) electrons. The molecule has 0 fully saturated rings. The van der Waals surface area contributed by atoms with Crippen molar-refractivity contribution in [3.63, 3.8) is 0 Å². The van der Waals surface area contributed by atoms with Crippen molar-refractivity contribution < 1.29 is 4.79 Å². The van der Waals surface area contributed by atoms with Gasteiger partial charge in [0.25, 0.3) is 0 Å². The molecule has 0 saturated heterocycles. The van der Waals surface area contributed by atoms with E-state index in [0.29, 0.717) is 0 Å². The van der Waals surface area contributed by atoms with E-state index in [1.54, 1.807) is 0 Å². The monoisotopic (exact) mass is 361 g/mol. The van der Waals surface area contributed by atoms with E-state index in [0.717, 1.165) is 64.2 Å². The molecule has 0 saturated carbocycles. The lowest BCUT2D eigenvalue weighted by atomic mass is 9.74. The summed E-state index contributed by atoms with van der Waals surface area (Å²) in [6, 6.07) is 0. The minimum atomic E-state index is -0.248. The van der Waals surface area contributed by atoms with Gasteiger partial charge in [0.2, 0.25) is 5.91 Å². The summed E-state index contributed by atoms with van der Waals surface area (Å²) < 4.78 is 0. The predicted molar refractivity (Wildman–Crippen MR) is 116 cm³/mol. The van der Waals surface area contributed by atoms with E-state index in [2.05, 4.69) is 57.2 Å². The van der Waals surface area contributed by atoms with Crippen LogP contribution in [-0.2, 0) is 4.79 Å². The summed E-state index contributed by atoms with van der Waals surface area (Å²) in [5.74, 6) is -0.0811. The first kappa shape index (κ1) is 24.7. The van der Waals surface area contributed by atoms with Crippen molar-refractivity contribution in [2.45, 2.75) is 104 Å². The maximum absolute atomic E-state index is 12.0.